The molecule has 0 spiro atoms. The molecule has 0 saturated carbocycles. The second-order valence-corrected chi connectivity index (χ2v) is 2.30. The average Bonchev–Trinajstić information content (AvgIpc) is 2.08. The number of aromatic hydroxyl groups is 1. The number of hydrogen-bond donors (Lipinski definition) is 2. The Morgan fingerprint density at radius 1 is 1.69 bits per heavy atom. The van der Waals surface area contributed by atoms with Gasteiger partial charge in [-0.15, -0.1) is 0 Å². The molecule has 0 bridgehead atoms. The molecule has 5 nitrogen and oxygen atoms in total. The smallest absolute Gasteiger partial charge is 0.325 e. The van der Waals surface area contributed by atoms with Gasteiger partial charge in [0.25, 0.3) is 0 Å². The van der Waals surface area contributed by atoms with Gasteiger partial charge in [-0.2, -0.15) is 0 Å². The number of nitrogens with zero attached hydrogens (tertiary/aromatic N) is 2. The molecule has 1 aromatic heterocycles. The Kier molecular flexibility index (Phi) is 2.97. The van der Waals surface area contributed by atoms with Crippen LogP contribution in [0.5, 0.6) is 5.75 Å². The Morgan fingerprint density at radius 2 is 2.46 bits per heavy atom. The summed E-state index contributed by atoms with van der Waals surface area (Å²) in [5, 5.41) is 17.4. The van der Waals surface area contributed by atoms with Crippen LogP contribution in [-0.2, 0) is 4.79 Å². The van der Waals surface area contributed by atoms with E-state index in [9.17, 15) is 9.90 Å². The summed E-state index contributed by atoms with van der Waals surface area (Å²) < 4.78 is 0. The molecule has 0 unspecified atom stereocenters. The van der Waals surface area contributed by atoms with Crippen LogP contribution in [-0.4, -0.2) is 33.9 Å². The molecule has 0 aliphatic rings. The number of aliphatic imine (C=N–C) groups is 1. The largest absolute Gasteiger partial charge is 0.506 e. The van der Waals surface area contributed by atoms with Crippen molar-refractivity contribution in [2.24, 2.45) is 4.99 Å². The first-order valence-electron chi connectivity index (χ1n) is 3.55. The molecule has 0 saturated heterocycles. The number of hydrogen-bond acceptors (Lipinski definition) is 4. The number of carbonyl (C=O) groups is 1. The van der Waals surface area contributed by atoms with Gasteiger partial charge in [0.2, 0.25) is 0 Å². The van der Waals surface area contributed by atoms with Crippen molar-refractivity contribution in [2.75, 3.05) is 6.54 Å². The van der Waals surface area contributed by atoms with Crippen LogP contribution < -0.4 is 0 Å². The highest BCUT2D eigenvalue weighted by Gasteiger charge is 1.96. The zero-order valence-corrected chi connectivity index (χ0v) is 6.71. The minimum Gasteiger partial charge on any atom is -0.506 e. The summed E-state index contributed by atoms with van der Waals surface area (Å²) in [6, 6.07) is 1.54. The first-order valence-corrected chi connectivity index (χ1v) is 3.55. The van der Waals surface area contributed by atoms with Crippen molar-refractivity contribution in [2.45, 2.75) is 0 Å². The highest BCUT2D eigenvalue weighted by atomic mass is 16.4. The lowest BCUT2D eigenvalue weighted by Crippen LogP contribution is -1.99. The van der Waals surface area contributed by atoms with E-state index in [0.29, 0.717) is 5.56 Å². The summed E-state index contributed by atoms with van der Waals surface area (Å²) in [5.41, 5.74) is 0.455. The molecule has 0 aliphatic heterocycles. The van der Waals surface area contributed by atoms with E-state index in [4.69, 9.17) is 5.11 Å². The van der Waals surface area contributed by atoms with Crippen LogP contribution in [0.2, 0.25) is 0 Å². The lowest BCUT2D eigenvalue weighted by atomic mass is 10.3. The predicted molar refractivity (Wildman–Crippen MR) is 46.0 cm³/mol. The molecule has 0 atom stereocenters. The van der Waals surface area contributed by atoms with Crippen molar-refractivity contribution < 1.29 is 15.0 Å². The number of carboxylic acids is 1. The maximum atomic E-state index is 10.1. The van der Waals surface area contributed by atoms with Crippen molar-refractivity contribution >= 4 is 12.2 Å². The summed E-state index contributed by atoms with van der Waals surface area (Å²) in [5.74, 6) is -1.03. The van der Waals surface area contributed by atoms with Crippen molar-refractivity contribution in [3.8, 4) is 5.75 Å². The normalized spacial score (nSPS) is 10.5. The third kappa shape index (κ3) is 2.90. The lowest BCUT2D eigenvalue weighted by Gasteiger charge is -1.94. The molecule has 5 heteroatoms. The maximum Gasteiger partial charge on any atom is 0.325 e. The standard InChI is InChI=1S/C8H8N2O3/c11-7-4-9-2-1-6(7)3-10-5-8(12)13/h1-4,11H,5H2,(H,12,13). The highest BCUT2D eigenvalue weighted by molar-refractivity contribution is 5.84. The summed E-state index contributed by atoms with van der Waals surface area (Å²) in [6.45, 7) is -0.304. The molecular weight excluding hydrogens is 172 g/mol. The van der Waals surface area contributed by atoms with E-state index in [0.717, 1.165) is 0 Å². The van der Waals surface area contributed by atoms with Crippen LogP contribution in [0.1, 0.15) is 5.56 Å². The second kappa shape index (κ2) is 4.20. The zero-order chi connectivity index (χ0) is 9.68. The Bertz CT molecular complexity index is 336. The van der Waals surface area contributed by atoms with Gasteiger partial charge in [0.1, 0.15) is 12.3 Å². The third-order valence-electron chi connectivity index (χ3n) is 1.29. The Morgan fingerprint density at radius 3 is 3.08 bits per heavy atom. The fourth-order valence-electron chi connectivity index (χ4n) is 0.728. The zero-order valence-electron chi connectivity index (χ0n) is 6.71. The number of aliphatic carboxylic acids is 1. The number of aromatic nitrogens is 1. The van der Waals surface area contributed by atoms with Crippen LogP contribution >= 0.6 is 0 Å². The van der Waals surface area contributed by atoms with Gasteiger partial charge in [-0.05, 0) is 6.07 Å². The fourth-order valence-corrected chi connectivity index (χ4v) is 0.728. The Balaban J connectivity index is 2.68. The molecule has 0 amide bonds. The minimum absolute atomic E-state index is 0.0170. The topological polar surface area (TPSA) is 82.8 Å². The van der Waals surface area contributed by atoms with Crippen LogP contribution in [0.25, 0.3) is 0 Å². The van der Waals surface area contributed by atoms with Crippen LogP contribution in [0.4, 0.5) is 0 Å². The van der Waals surface area contributed by atoms with E-state index in [2.05, 4.69) is 9.98 Å². The fraction of sp³-hybridized carbons (Fsp3) is 0.125. The average molecular weight is 180 g/mol. The molecule has 0 aromatic carbocycles. The third-order valence-corrected chi connectivity index (χ3v) is 1.29. The van der Waals surface area contributed by atoms with E-state index in [1.807, 2.05) is 0 Å². The van der Waals surface area contributed by atoms with Gasteiger partial charge in [-0.25, -0.2) is 0 Å². The van der Waals surface area contributed by atoms with Gasteiger partial charge in [0, 0.05) is 18.0 Å². The summed E-state index contributed by atoms with van der Waals surface area (Å²) >= 11 is 0. The second-order valence-electron chi connectivity index (χ2n) is 2.30. The van der Waals surface area contributed by atoms with Crippen LogP contribution in [0, 0.1) is 0 Å². The molecule has 1 heterocycles. The summed E-state index contributed by atoms with van der Waals surface area (Å²) in [6.07, 6.45) is 4.05. The van der Waals surface area contributed by atoms with Crippen molar-refractivity contribution in [3.05, 3.63) is 24.0 Å². The van der Waals surface area contributed by atoms with E-state index >= 15 is 0 Å². The number of pyridine rings is 1. The molecule has 1 rings (SSSR count). The molecule has 68 valence electrons. The quantitative estimate of drug-likeness (QED) is 0.655. The molecule has 13 heavy (non-hydrogen) atoms. The van der Waals surface area contributed by atoms with E-state index in [1.165, 1.54) is 18.6 Å². The SMILES string of the molecule is O=C(O)CN=Cc1ccncc1O. The Hall–Kier alpha value is -1.91. The van der Waals surface area contributed by atoms with E-state index in [-0.39, 0.29) is 12.3 Å². The van der Waals surface area contributed by atoms with Gasteiger partial charge >= 0.3 is 5.97 Å². The molecule has 2 N–H and O–H groups in total. The van der Waals surface area contributed by atoms with Crippen molar-refractivity contribution in [1.29, 1.82) is 0 Å². The lowest BCUT2D eigenvalue weighted by molar-refractivity contribution is -0.135. The summed E-state index contributed by atoms with van der Waals surface area (Å²) in [7, 11) is 0. The number of carboxylic acid groups (broad SMARTS) is 1. The van der Waals surface area contributed by atoms with Crippen LogP contribution in [0.3, 0.4) is 0 Å². The van der Waals surface area contributed by atoms with E-state index < -0.39 is 5.97 Å². The molecule has 0 fully saturated rings. The molecular formula is C8H8N2O3. The highest BCUT2D eigenvalue weighted by Crippen LogP contribution is 2.10. The van der Waals surface area contributed by atoms with E-state index in [1.54, 1.807) is 6.07 Å². The van der Waals surface area contributed by atoms with Gasteiger partial charge in [0.05, 0.1) is 6.20 Å². The molecule has 0 radical (unpaired) electrons. The molecule has 1 aromatic rings. The van der Waals surface area contributed by atoms with Gasteiger partial charge in [0.15, 0.2) is 0 Å². The Labute approximate surface area is 74.4 Å². The first kappa shape index (κ1) is 9.18. The van der Waals surface area contributed by atoms with Gasteiger partial charge in [-0.3, -0.25) is 14.8 Å². The van der Waals surface area contributed by atoms with Gasteiger partial charge in [-0.1, -0.05) is 0 Å². The monoisotopic (exact) mass is 180 g/mol. The predicted octanol–water partition coefficient (Wildman–Crippen LogP) is 0.291. The number of rotatable bonds is 3. The molecule has 0 aliphatic carbocycles. The first-order chi connectivity index (χ1) is 6.20. The summed E-state index contributed by atoms with van der Waals surface area (Å²) in [4.78, 5) is 17.3. The minimum atomic E-state index is -1.01. The van der Waals surface area contributed by atoms with Crippen molar-refractivity contribution in [1.82, 2.24) is 4.98 Å². The van der Waals surface area contributed by atoms with Gasteiger partial charge < -0.3 is 10.2 Å². The van der Waals surface area contributed by atoms with Crippen molar-refractivity contribution in [3.63, 3.8) is 0 Å². The van der Waals surface area contributed by atoms with Crippen LogP contribution in [0.15, 0.2) is 23.5 Å². The maximum absolute atomic E-state index is 10.1.